The van der Waals surface area contributed by atoms with Gasteiger partial charge in [-0.2, -0.15) is 0 Å². The van der Waals surface area contributed by atoms with Gasteiger partial charge in [-0.1, -0.05) is 13.8 Å². The Bertz CT molecular complexity index is 423. The van der Waals surface area contributed by atoms with Gasteiger partial charge in [0, 0.05) is 18.8 Å². The molecule has 0 saturated carbocycles. The molecule has 0 aromatic heterocycles. The van der Waals surface area contributed by atoms with Crippen molar-refractivity contribution in [2.24, 2.45) is 0 Å². The number of nitrogens with two attached hydrogens (primary N) is 1. The monoisotopic (exact) mass is 267 g/mol. The van der Waals surface area contributed by atoms with E-state index in [1.165, 1.54) is 12.1 Å². The van der Waals surface area contributed by atoms with Gasteiger partial charge in [0.05, 0.1) is 5.56 Å². The molecule has 0 radical (unpaired) electrons. The molecule has 0 aliphatic heterocycles. The molecule has 1 amide bonds. The summed E-state index contributed by atoms with van der Waals surface area (Å²) in [5.74, 6) is -0.787. The van der Waals surface area contributed by atoms with Crippen LogP contribution in [0.2, 0.25) is 0 Å². The van der Waals surface area contributed by atoms with Crippen LogP contribution in [0.5, 0.6) is 0 Å². The van der Waals surface area contributed by atoms with Gasteiger partial charge in [0.2, 0.25) is 0 Å². The Balaban J connectivity index is 2.49. The van der Waals surface area contributed by atoms with Crippen molar-refractivity contribution in [3.63, 3.8) is 0 Å². The first kappa shape index (κ1) is 15.4. The van der Waals surface area contributed by atoms with Gasteiger partial charge >= 0.3 is 0 Å². The molecule has 0 aliphatic carbocycles. The molecule has 5 heteroatoms. The van der Waals surface area contributed by atoms with Gasteiger partial charge in [-0.05, 0) is 37.7 Å². The lowest BCUT2D eigenvalue weighted by atomic mass is 10.1. The number of carbonyl (C=O) groups excluding carboxylic acids is 1. The Morgan fingerprint density at radius 3 is 2.74 bits per heavy atom. The lowest BCUT2D eigenvalue weighted by Gasteiger charge is -2.19. The van der Waals surface area contributed by atoms with Crippen LogP contribution in [0.15, 0.2) is 18.2 Å². The highest BCUT2D eigenvalue weighted by atomic mass is 19.1. The summed E-state index contributed by atoms with van der Waals surface area (Å²) in [4.78, 5) is 14.1. The fraction of sp³-hybridized carbons (Fsp3) is 0.500. The SMILES string of the molecule is CCCN(CC)CCNC(=O)c1cc(F)ccc1N. The minimum absolute atomic E-state index is 0.193. The fourth-order valence-electron chi connectivity index (χ4n) is 1.89. The normalized spacial score (nSPS) is 10.7. The van der Waals surface area contributed by atoms with Crippen molar-refractivity contribution < 1.29 is 9.18 Å². The van der Waals surface area contributed by atoms with E-state index in [2.05, 4.69) is 24.1 Å². The van der Waals surface area contributed by atoms with Crippen LogP contribution in [-0.2, 0) is 0 Å². The summed E-state index contributed by atoms with van der Waals surface area (Å²) >= 11 is 0. The molecule has 0 aliphatic rings. The van der Waals surface area contributed by atoms with Crippen LogP contribution in [0.25, 0.3) is 0 Å². The number of likely N-dealkylation sites (N-methyl/N-ethyl adjacent to an activating group) is 1. The second-order valence-electron chi connectivity index (χ2n) is 4.42. The maximum atomic E-state index is 13.1. The van der Waals surface area contributed by atoms with E-state index in [0.717, 1.165) is 32.1 Å². The van der Waals surface area contributed by atoms with Crippen LogP contribution in [-0.4, -0.2) is 37.0 Å². The van der Waals surface area contributed by atoms with Gasteiger partial charge in [0.15, 0.2) is 0 Å². The second-order valence-corrected chi connectivity index (χ2v) is 4.42. The zero-order valence-electron chi connectivity index (χ0n) is 11.6. The molecular formula is C14H22FN3O. The average molecular weight is 267 g/mol. The Morgan fingerprint density at radius 1 is 1.37 bits per heavy atom. The van der Waals surface area contributed by atoms with Crippen LogP contribution in [0, 0.1) is 5.82 Å². The highest BCUT2D eigenvalue weighted by Crippen LogP contribution is 2.12. The van der Waals surface area contributed by atoms with Crippen molar-refractivity contribution in [2.45, 2.75) is 20.3 Å². The molecule has 4 nitrogen and oxygen atoms in total. The van der Waals surface area contributed by atoms with Crippen LogP contribution >= 0.6 is 0 Å². The maximum Gasteiger partial charge on any atom is 0.253 e. The lowest BCUT2D eigenvalue weighted by molar-refractivity contribution is 0.0949. The second kappa shape index (κ2) is 7.74. The predicted molar refractivity (Wildman–Crippen MR) is 75.6 cm³/mol. The number of hydrogen-bond acceptors (Lipinski definition) is 3. The molecular weight excluding hydrogens is 245 g/mol. The maximum absolute atomic E-state index is 13.1. The third kappa shape index (κ3) is 4.87. The van der Waals surface area contributed by atoms with E-state index in [9.17, 15) is 9.18 Å². The number of halogens is 1. The van der Waals surface area contributed by atoms with Crippen LogP contribution < -0.4 is 11.1 Å². The molecule has 0 spiro atoms. The number of nitrogen functional groups attached to an aromatic ring is 1. The lowest BCUT2D eigenvalue weighted by Crippen LogP contribution is -2.35. The summed E-state index contributed by atoms with van der Waals surface area (Å²) in [5.41, 5.74) is 6.14. The van der Waals surface area contributed by atoms with E-state index in [1.54, 1.807) is 0 Å². The number of hydrogen-bond donors (Lipinski definition) is 2. The molecule has 0 atom stereocenters. The molecule has 3 N–H and O–H groups in total. The largest absolute Gasteiger partial charge is 0.398 e. The molecule has 0 fully saturated rings. The minimum atomic E-state index is -0.458. The number of rotatable bonds is 7. The Morgan fingerprint density at radius 2 is 2.11 bits per heavy atom. The van der Waals surface area contributed by atoms with Crippen molar-refractivity contribution in [3.8, 4) is 0 Å². The van der Waals surface area contributed by atoms with Crippen molar-refractivity contribution in [2.75, 3.05) is 31.9 Å². The van der Waals surface area contributed by atoms with Gasteiger partial charge in [0.1, 0.15) is 5.82 Å². The van der Waals surface area contributed by atoms with Gasteiger partial charge in [-0.3, -0.25) is 4.79 Å². The third-order valence-electron chi connectivity index (χ3n) is 2.96. The Labute approximate surface area is 113 Å². The summed E-state index contributed by atoms with van der Waals surface area (Å²) in [5, 5.41) is 2.76. The quantitative estimate of drug-likeness (QED) is 0.741. The van der Waals surface area contributed by atoms with Crippen molar-refractivity contribution in [1.82, 2.24) is 10.2 Å². The Hall–Kier alpha value is -1.62. The van der Waals surface area contributed by atoms with E-state index in [1.807, 2.05) is 0 Å². The molecule has 19 heavy (non-hydrogen) atoms. The molecule has 1 aromatic carbocycles. The first-order valence-corrected chi connectivity index (χ1v) is 6.64. The molecule has 0 heterocycles. The smallest absolute Gasteiger partial charge is 0.253 e. The van der Waals surface area contributed by atoms with E-state index >= 15 is 0 Å². The summed E-state index contributed by atoms with van der Waals surface area (Å²) in [6.07, 6.45) is 1.08. The number of nitrogens with one attached hydrogen (secondary N) is 1. The van der Waals surface area contributed by atoms with E-state index in [-0.39, 0.29) is 11.5 Å². The standard InChI is InChI=1S/C14H22FN3O/c1-3-8-18(4-2)9-7-17-14(19)12-10-11(15)5-6-13(12)16/h5-6,10H,3-4,7-9,16H2,1-2H3,(H,17,19). The molecule has 1 rings (SSSR count). The third-order valence-corrected chi connectivity index (χ3v) is 2.96. The number of carbonyl (C=O) groups is 1. The minimum Gasteiger partial charge on any atom is -0.398 e. The number of amides is 1. The summed E-state index contributed by atoms with van der Waals surface area (Å²) in [7, 11) is 0. The van der Waals surface area contributed by atoms with Gasteiger partial charge < -0.3 is 16.0 Å². The van der Waals surface area contributed by atoms with Crippen molar-refractivity contribution in [3.05, 3.63) is 29.6 Å². The first-order chi connectivity index (χ1) is 9.08. The topological polar surface area (TPSA) is 58.4 Å². The van der Waals surface area contributed by atoms with Gasteiger partial charge in [-0.15, -0.1) is 0 Å². The van der Waals surface area contributed by atoms with Gasteiger partial charge in [-0.25, -0.2) is 4.39 Å². The van der Waals surface area contributed by atoms with E-state index < -0.39 is 5.82 Å². The van der Waals surface area contributed by atoms with Crippen molar-refractivity contribution in [1.29, 1.82) is 0 Å². The molecule has 0 unspecified atom stereocenters. The molecule has 106 valence electrons. The van der Waals surface area contributed by atoms with Crippen molar-refractivity contribution >= 4 is 11.6 Å². The first-order valence-electron chi connectivity index (χ1n) is 6.64. The molecule has 1 aromatic rings. The van der Waals surface area contributed by atoms with Crippen LogP contribution in [0.4, 0.5) is 10.1 Å². The van der Waals surface area contributed by atoms with Gasteiger partial charge in [0.25, 0.3) is 5.91 Å². The molecule has 0 bridgehead atoms. The van der Waals surface area contributed by atoms with Crippen LogP contribution in [0.1, 0.15) is 30.6 Å². The summed E-state index contributed by atoms with van der Waals surface area (Å²) in [6.45, 7) is 7.48. The molecule has 0 saturated heterocycles. The number of nitrogens with zero attached hydrogens (tertiary/aromatic N) is 1. The average Bonchev–Trinajstić information content (AvgIpc) is 2.40. The van der Waals surface area contributed by atoms with Crippen LogP contribution in [0.3, 0.4) is 0 Å². The highest BCUT2D eigenvalue weighted by molar-refractivity contribution is 5.99. The zero-order chi connectivity index (χ0) is 14.3. The van der Waals surface area contributed by atoms with E-state index in [4.69, 9.17) is 5.73 Å². The Kier molecular flexibility index (Phi) is 6.29. The summed E-state index contributed by atoms with van der Waals surface area (Å²) in [6, 6.07) is 3.81. The number of benzene rings is 1. The highest BCUT2D eigenvalue weighted by Gasteiger charge is 2.10. The zero-order valence-corrected chi connectivity index (χ0v) is 11.6. The van der Waals surface area contributed by atoms with E-state index in [0.29, 0.717) is 12.2 Å². The number of anilines is 1. The predicted octanol–water partition coefficient (Wildman–Crippen LogP) is 1.87. The summed E-state index contributed by atoms with van der Waals surface area (Å²) < 4.78 is 13.1. The fourth-order valence-corrected chi connectivity index (χ4v) is 1.89.